The van der Waals surface area contributed by atoms with Gasteiger partial charge in [0.1, 0.15) is 5.76 Å². The molecule has 0 aliphatic carbocycles. The molecule has 16 heavy (non-hydrogen) atoms. The first-order chi connectivity index (χ1) is 7.71. The molecule has 4 nitrogen and oxygen atoms in total. The first kappa shape index (κ1) is 12.3. The van der Waals surface area contributed by atoms with Crippen LogP contribution < -0.4 is 5.32 Å². The first-order valence-corrected chi connectivity index (χ1v) is 5.07. The highest BCUT2D eigenvalue weighted by molar-refractivity contribution is 5.86. The molecule has 0 spiro atoms. The van der Waals surface area contributed by atoms with Crippen molar-refractivity contribution in [1.29, 1.82) is 0 Å². The third kappa shape index (κ3) is 3.14. The molecular formula is C12H15NO3. The van der Waals surface area contributed by atoms with E-state index in [4.69, 9.17) is 10.8 Å². The molecule has 1 aromatic heterocycles. The molecule has 1 rings (SSSR count). The molecule has 0 aliphatic heterocycles. The number of methoxy groups -OCH3 is 1. The molecule has 0 fully saturated rings. The number of carbonyl (C=O) groups is 1. The van der Waals surface area contributed by atoms with Crippen molar-refractivity contribution in [3.63, 3.8) is 0 Å². The van der Waals surface area contributed by atoms with Gasteiger partial charge in [0.2, 0.25) is 5.76 Å². The minimum atomic E-state index is -0.477. The summed E-state index contributed by atoms with van der Waals surface area (Å²) < 4.78 is 9.80. The standard InChI is InChI=1S/C12H15NO3/c1-4-9(5-2)13-8-10-6-7-11(16-10)12(14)15-3/h1,6-7,9,13H,5,8H2,2-3H3. The van der Waals surface area contributed by atoms with E-state index in [0.717, 1.165) is 6.42 Å². The molecule has 0 aliphatic rings. The summed E-state index contributed by atoms with van der Waals surface area (Å²) in [6.07, 6.45) is 6.15. The number of esters is 1. The van der Waals surface area contributed by atoms with Gasteiger partial charge < -0.3 is 9.15 Å². The van der Waals surface area contributed by atoms with Crippen LogP contribution in [0.4, 0.5) is 0 Å². The maximum Gasteiger partial charge on any atom is 0.373 e. The highest BCUT2D eigenvalue weighted by Gasteiger charge is 2.11. The first-order valence-electron chi connectivity index (χ1n) is 5.07. The van der Waals surface area contributed by atoms with Crippen molar-refractivity contribution in [1.82, 2.24) is 5.32 Å². The van der Waals surface area contributed by atoms with Crippen LogP contribution in [0.3, 0.4) is 0 Å². The van der Waals surface area contributed by atoms with Crippen molar-refractivity contribution < 1.29 is 13.9 Å². The van der Waals surface area contributed by atoms with E-state index in [1.165, 1.54) is 7.11 Å². The number of nitrogens with one attached hydrogen (secondary N) is 1. The summed E-state index contributed by atoms with van der Waals surface area (Å²) in [5.74, 6) is 3.00. The zero-order chi connectivity index (χ0) is 12.0. The lowest BCUT2D eigenvalue weighted by molar-refractivity contribution is 0.0563. The van der Waals surface area contributed by atoms with Gasteiger partial charge in [-0.1, -0.05) is 12.8 Å². The molecule has 4 heteroatoms. The zero-order valence-corrected chi connectivity index (χ0v) is 9.45. The normalized spacial score (nSPS) is 11.8. The largest absolute Gasteiger partial charge is 0.463 e. The average molecular weight is 221 g/mol. The van der Waals surface area contributed by atoms with E-state index in [1.807, 2.05) is 6.92 Å². The molecule has 0 saturated heterocycles. The average Bonchev–Trinajstić information content (AvgIpc) is 2.78. The topological polar surface area (TPSA) is 51.5 Å². The Morgan fingerprint density at radius 3 is 3.00 bits per heavy atom. The van der Waals surface area contributed by atoms with Crippen molar-refractivity contribution in [3.8, 4) is 12.3 Å². The Hall–Kier alpha value is -1.73. The Morgan fingerprint density at radius 1 is 1.69 bits per heavy atom. The Kier molecular flexibility index (Phi) is 4.62. The van der Waals surface area contributed by atoms with E-state index in [2.05, 4.69) is 16.0 Å². The van der Waals surface area contributed by atoms with Crippen LogP contribution in [0.1, 0.15) is 29.7 Å². The minimum Gasteiger partial charge on any atom is -0.463 e. The van der Waals surface area contributed by atoms with E-state index >= 15 is 0 Å². The van der Waals surface area contributed by atoms with Gasteiger partial charge in [0.15, 0.2) is 0 Å². The Bertz CT molecular complexity index is 389. The predicted molar refractivity (Wildman–Crippen MR) is 59.8 cm³/mol. The third-order valence-electron chi connectivity index (χ3n) is 2.18. The summed E-state index contributed by atoms with van der Waals surface area (Å²) in [5, 5.41) is 3.12. The summed E-state index contributed by atoms with van der Waals surface area (Å²) in [6, 6.07) is 3.33. The fraction of sp³-hybridized carbons (Fsp3) is 0.417. The van der Waals surface area contributed by atoms with E-state index in [1.54, 1.807) is 12.1 Å². The van der Waals surface area contributed by atoms with Gasteiger partial charge in [-0.3, -0.25) is 5.32 Å². The van der Waals surface area contributed by atoms with E-state index in [0.29, 0.717) is 12.3 Å². The highest BCUT2D eigenvalue weighted by atomic mass is 16.5. The zero-order valence-electron chi connectivity index (χ0n) is 9.45. The SMILES string of the molecule is C#CC(CC)NCc1ccc(C(=O)OC)o1. The van der Waals surface area contributed by atoms with Gasteiger partial charge in [0.25, 0.3) is 0 Å². The van der Waals surface area contributed by atoms with Gasteiger partial charge in [-0.2, -0.15) is 0 Å². The molecule has 0 amide bonds. The lowest BCUT2D eigenvalue weighted by Gasteiger charge is -2.08. The van der Waals surface area contributed by atoms with Gasteiger partial charge in [-0.25, -0.2) is 4.79 Å². The smallest absolute Gasteiger partial charge is 0.373 e. The third-order valence-corrected chi connectivity index (χ3v) is 2.18. The van der Waals surface area contributed by atoms with Crippen molar-refractivity contribution >= 4 is 5.97 Å². The van der Waals surface area contributed by atoms with Crippen LogP contribution in [0.2, 0.25) is 0 Å². The van der Waals surface area contributed by atoms with Gasteiger partial charge in [0.05, 0.1) is 19.7 Å². The number of terminal acetylenes is 1. The second-order valence-corrected chi connectivity index (χ2v) is 3.27. The van der Waals surface area contributed by atoms with E-state index in [-0.39, 0.29) is 11.8 Å². The van der Waals surface area contributed by atoms with Gasteiger partial charge in [-0.15, -0.1) is 6.42 Å². The Morgan fingerprint density at radius 2 is 2.44 bits per heavy atom. The van der Waals surface area contributed by atoms with Gasteiger partial charge in [-0.05, 0) is 18.6 Å². The van der Waals surface area contributed by atoms with Crippen LogP contribution in [-0.4, -0.2) is 19.1 Å². The maximum absolute atomic E-state index is 11.1. The fourth-order valence-corrected chi connectivity index (χ4v) is 1.23. The van der Waals surface area contributed by atoms with Gasteiger partial charge >= 0.3 is 5.97 Å². The van der Waals surface area contributed by atoms with Crippen LogP contribution in [0.15, 0.2) is 16.5 Å². The Labute approximate surface area is 95.0 Å². The number of furan rings is 1. The van der Waals surface area contributed by atoms with Crippen LogP contribution in [0.25, 0.3) is 0 Å². The second-order valence-electron chi connectivity index (χ2n) is 3.27. The summed E-state index contributed by atoms with van der Waals surface area (Å²) in [6.45, 7) is 2.50. The number of ether oxygens (including phenoxy) is 1. The van der Waals surface area contributed by atoms with Crippen molar-refractivity contribution in [2.24, 2.45) is 0 Å². The maximum atomic E-state index is 11.1. The Balaban J connectivity index is 2.53. The monoisotopic (exact) mass is 221 g/mol. The molecule has 0 bridgehead atoms. The van der Waals surface area contributed by atoms with Crippen LogP contribution >= 0.6 is 0 Å². The van der Waals surface area contributed by atoms with Crippen LogP contribution in [0.5, 0.6) is 0 Å². The molecule has 0 aromatic carbocycles. The summed E-state index contributed by atoms with van der Waals surface area (Å²) in [7, 11) is 1.31. The molecule has 1 unspecified atom stereocenters. The lowest BCUT2D eigenvalue weighted by atomic mass is 10.2. The molecule has 0 radical (unpaired) electrons. The molecule has 0 saturated carbocycles. The minimum absolute atomic E-state index is 0.0201. The molecule has 1 atom stereocenters. The van der Waals surface area contributed by atoms with Crippen LogP contribution in [-0.2, 0) is 11.3 Å². The van der Waals surface area contributed by atoms with Crippen LogP contribution in [0, 0.1) is 12.3 Å². The predicted octanol–water partition coefficient (Wildman–Crippen LogP) is 1.57. The van der Waals surface area contributed by atoms with Crippen molar-refractivity contribution in [3.05, 3.63) is 23.7 Å². The number of hydrogen-bond acceptors (Lipinski definition) is 4. The molecular weight excluding hydrogens is 206 g/mol. The molecule has 1 heterocycles. The van der Waals surface area contributed by atoms with E-state index < -0.39 is 5.97 Å². The molecule has 1 N–H and O–H groups in total. The van der Waals surface area contributed by atoms with Gasteiger partial charge in [0, 0.05) is 0 Å². The quantitative estimate of drug-likeness (QED) is 0.605. The fourth-order valence-electron chi connectivity index (χ4n) is 1.23. The summed E-state index contributed by atoms with van der Waals surface area (Å²) >= 11 is 0. The second kappa shape index (κ2) is 5.99. The van der Waals surface area contributed by atoms with Crippen molar-refractivity contribution in [2.75, 3.05) is 7.11 Å². The summed E-state index contributed by atoms with van der Waals surface area (Å²) in [5.41, 5.74) is 0. The lowest BCUT2D eigenvalue weighted by Crippen LogP contribution is -2.25. The van der Waals surface area contributed by atoms with Crippen molar-refractivity contribution in [2.45, 2.75) is 25.9 Å². The number of rotatable bonds is 5. The van der Waals surface area contributed by atoms with E-state index in [9.17, 15) is 4.79 Å². The number of carbonyl (C=O) groups excluding carboxylic acids is 1. The molecule has 86 valence electrons. The number of hydrogen-bond donors (Lipinski definition) is 1. The summed E-state index contributed by atoms with van der Waals surface area (Å²) in [4.78, 5) is 11.1. The molecule has 1 aromatic rings. The highest BCUT2D eigenvalue weighted by Crippen LogP contribution is 2.09.